The fourth-order valence-corrected chi connectivity index (χ4v) is 2.36. The maximum absolute atomic E-state index is 13.0. The average Bonchev–Trinajstić information content (AvgIpc) is 2.40. The van der Waals surface area contributed by atoms with E-state index in [0.717, 1.165) is 18.7 Å². The highest BCUT2D eigenvalue weighted by molar-refractivity contribution is 7.81. The van der Waals surface area contributed by atoms with Crippen LogP contribution in [0.1, 0.15) is 25.3 Å². The third kappa shape index (κ3) is 3.28. The van der Waals surface area contributed by atoms with Gasteiger partial charge in [-0.3, -0.25) is 4.79 Å². The first-order valence-corrected chi connectivity index (χ1v) is 6.93. The molecule has 1 aromatic rings. The minimum atomic E-state index is -0.660. The lowest BCUT2D eigenvalue weighted by molar-refractivity contribution is -0.163. The molecule has 1 heterocycles. The molecule has 1 fully saturated rings. The number of carbonyl (C=O) groups is 1. The van der Waals surface area contributed by atoms with Gasteiger partial charge in [0.2, 0.25) is 0 Å². The van der Waals surface area contributed by atoms with Gasteiger partial charge in [-0.1, -0.05) is 12.1 Å². The molecule has 0 spiro atoms. The Morgan fingerprint density at radius 1 is 1.37 bits per heavy atom. The van der Waals surface area contributed by atoms with E-state index in [1.54, 1.807) is 19.1 Å². The fourth-order valence-electron chi connectivity index (χ4n) is 2.31. The zero-order valence-electron chi connectivity index (χ0n) is 10.9. The number of ether oxygens (including phenoxy) is 1. The van der Waals surface area contributed by atoms with E-state index in [-0.39, 0.29) is 11.8 Å². The van der Waals surface area contributed by atoms with E-state index in [4.69, 9.17) is 4.74 Å². The van der Waals surface area contributed by atoms with Crippen LogP contribution in [0.3, 0.4) is 0 Å². The Morgan fingerprint density at radius 3 is 2.47 bits per heavy atom. The van der Waals surface area contributed by atoms with Crippen molar-refractivity contribution in [3.05, 3.63) is 35.6 Å². The van der Waals surface area contributed by atoms with Crippen LogP contribution in [0.2, 0.25) is 0 Å². The summed E-state index contributed by atoms with van der Waals surface area (Å²) < 4.78 is 18.7. The van der Waals surface area contributed by atoms with Crippen molar-refractivity contribution in [2.24, 2.45) is 0 Å². The normalized spacial score (nSPS) is 19.7. The first-order valence-electron chi connectivity index (χ1n) is 6.41. The highest BCUT2D eigenvalue weighted by Gasteiger charge is 2.38. The number of esters is 1. The molecule has 0 aliphatic carbocycles. The second-order valence-corrected chi connectivity index (χ2v) is 5.62. The topological polar surface area (TPSA) is 38.3 Å². The number of nitrogens with one attached hydrogen (secondary N) is 1. The summed E-state index contributed by atoms with van der Waals surface area (Å²) in [7, 11) is 0. The Hall–Kier alpha value is -1.07. The Kier molecular flexibility index (Phi) is 4.47. The molecule has 1 atom stereocenters. The maximum Gasteiger partial charge on any atom is 0.319 e. The fraction of sp³-hybridized carbons (Fsp3) is 0.500. The molecule has 5 heteroatoms. The Morgan fingerprint density at radius 2 is 1.95 bits per heavy atom. The van der Waals surface area contributed by atoms with E-state index in [1.807, 2.05) is 0 Å². The Labute approximate surface area is 117 Å². The molecule has 0 radical (unpaired) electrons. The highest BCUT2D eigenvalue weighted by Crippen LogP contribution is 2.35. The smallest absolute Gasteiger partial charge is 0.319 e. The molecule has 1 unspecified atom stereocenters. The van der Waals surface area contributed by atoms with E-state index in [2.05, 4.69) is 17.9 Å². The van der Waals surface area contributed by atoms with Crippen LogP contribution in [-0.2, 0) is 15.1 Å². The third-order valence-corrected chi connectivity index (χ3v) is 3.63. The van der Waals surface area contributed by atoms with Gasteiger partial charge in [0.15, 0.2) is 0 Å². The standard InChI is InChI=1S/C14H18FNO2S/c1-10(19)13(17)18-14(6-8-16-9-7-14)11-2-4-12(15)5-3-11/h2-5,10,16,19H,6-9H2,1H3. The van der Waals surface area contributed by atoms with Crippen molar-refractivity contribution >= 4 is 18.6 Å². The van der Waals surface area contributed by atoms with Crippen LogP contribution in [0, 0.1) is 5.82 Å². The lowest BCUT2D eigenvalue weighted by Gasteiger charge is -2.38. The van der Waals surface area contributed by atoms with Crippen LogP contribution in [0.4, 0.5) is 4.39 Å². The third-order valence-electron chi connectivity index (χ3n) is 3.42. The molecule has 0 bridgehead atoms. The van der Waals surface area contributed by atoms with Gasteiger partial charge in [0, 0.05) is 12.8 Å². The largest absolute Gasteiger partial charge is 0.453 e. The molecular weight excluding hydrogens is 265 g/mol. The molecule has 19 heavy (non-hydrogen) atoms. The predicted octanol–water partition coefficient (Wildman–Crippen LogP) is 2.27. The lowest BCUT2D eigenvalue weighted by Crippen LogP contribution is -2.44. The quantitative estimate of drug-likeness (QED) is 0.660. The number of hydrogen-bond donors (Lipinski definition) is 2. The van der Waals surface area contributed by atoms with Gasteiger partial charge in [0.05, 0.1) is 5.25 Å². The van der Waals surface area contributed by atoms with Crippen molar-refractivity contribution in [3.63, 3.8) is 0 Å². The summed E-state index contributed by atoms with van der Waals surface area (Å²) in [6.07, 6.45) is 1.37. The summed E-state index contributed by atoms with van der Waals surface area (Å²) in [5.74, 6) is -0.628. The predicted molar refractivity (Wildman–Crippen MR) is 74.7 cm³/mol. The molecule has 1 aromatic carbocycles. The number of piperidine rings is 1. The number of rotatable bonds is 3. The second-order valence-electron chi connectivity index (χ2n) is 4.85. The molecule has 104 valence electrons. The number of halogens is 1. The number of hydrogen-bond acceptors (Lipinski definition) is 4. The number of carbonyl (C=O) groups excluding carboxylic acids is 1. The summed E-state index contributed by atoms with van der Waals surface area (Å²) >= 11 is 4.11. The molecule has 1 aliphatic rings. The van der Waals surface area contributed by atoms with E-state index in [1.165, 1.54) is 12.1 Å². The maximum atomic E-state index is 13.0. The lowest BCUT2D eigenvalue weighted by atomic mass is 9.84. The summed E-state index contributed by atoms with van der Waals surface area (Å²) in [5, 5.41) is 2.77. The van der Waals surface area contributed by atoms with Crippen LogP contribution < -0.4 is 5.32 Å². The van der Waals surface area contributed by atoms with Crippen LogP contribution in [0.25, 0.3) is 0 Å². The monoisotopic (exact) mass is 283 g/mol. The van der Waals surface area contributed by atoms with Crippen LogP contribution in [0.5, 0.6) is 0 Å². The SMILES string of the molecule is CC(S)C(=O)OC1(c2ccc(F)cc2)CCNCC1. The minimum Gasteiger partial charge on any atom is -0.453 e. The number of benzene rings is 1. The van der Waals surface area contributed by atoms with Gasteiger partial charge < -0.3 is 10.1 Å². The molecule has 2 rings (SSSR count). The van der Waals surface area contributed by atoms with E-state index >= 15 is 0 Å². The van der Waals surface area contributed by atoms with Crippen molar-refractivity contribution in [2.75, 3.05) is 13.1 Å². The Bertz CT molecular complexity index is 441. The molecular formula is C14H18FNO2S. The zero-order chi connectivity index (χ0) is 13.9. The van der Waals surface area contributed by atoms with Gasteiger partial charge in [-0.15, -0.1) is 0 Å². The summed E-state index contributed by atoms with van der Waals surface area (Å²) in [6, 6.07) is 6.18. The van der Waals surface area contributed by atoms with Gasteiger partial charge >= 0.3 is 5.97 Å². The van der Waals surface area contributed by atoms with E-state index in [9.17, 15) is 9.18 Å². The average molecular weight is 283 g/mol. The van der Waals surface area contributed by atoms with Gasteiger partial charge in [-0.05, 0) is 37.7 Å². The number of thiol groups is 1. The summed E-state index contributed by atoms with van der Waals surface area (Å²) in [6.45, 7) is 3.22. The first-order chi connectivity index (χ1) is 9.03. The molecule has 1 saturated heterocycles. The van der Waals surface area contributed by atoms with Crippen LogP contribution in [0.15, 0.2) is 24.3 Å². The van der Waals surface area contributed by atoms with Crippen LogP contribution in [-0.4, -0.2) is 24.3 Å². The summed E-state index contributed by atoms with van der Waals surface area (Å²) in [4.78, 5) is 11.9. The zero-order valence-corrected chi connectivity index (χ0v) is 11.8. The van der Waals surface area contributed by atoms with Crippen molar-refractivity contribution < 1.29 is 13.9 Å². The first kappa shape index (κ1) is 14.3. The van der Waals surface area contributed by atoms with Gasteiger partial charge in [0.1, 0.15) is 11.4 Å². The highest BCUT2D eigenvalue weighted by atomic mass is 32.1. The molecule has 0 saturated carbocycles. The molecule has 1 aliphatic heterocycles. The van der Waals surface area contributed by atoms with Gasteiger partial charge in [-0.25, -0.2) is 4.39 Å². The molecule has 1 N–H and O–H groups in total. The van der Waals surface area contributed by atoms with Crippen molar-refractivity contribution in [3.8, 4) is 0 Å². The minimum absolute atomic E-state index is 0.290. The molecule has 3 nitrogen and oxygen atoms in total. The summed E-state index contributed by atoms with van der Waals surface area (Å²) in [5.41, 5.74) is 0.185. The molecule has 0 amide bonds. The van der Waals surface area contributed by atoms with Crippen LogP contribution >= 0.6 is 12.6 Å². The van der Waals surface area contributed by atoms with Crippen molar-refractivity contribution in [1.29, 1.82) is 0 Å². The second kappa shape index (κ2) is 5.92. The van der Waals surface area contributed by atoms with Gasteiger partial charge in [-0.2, -0.15) is 12.6 Å². The van der Waals surface area contributed by atoms with Gasteiger partial charge in [0.25, 0.3) is 0 Å². The molecule has 0 aromatic heterocycles. The van der Waals surface area contributed by atoms with Crippen molar-refractivity contribution in [2.45, 2.75) is 30.6 Å². The van der Waals surface area contributed by atoms with E-state index in [0.29, 0.717) is 12.8 Å². The Balaban J connectivity index is 2.28. The van der Waals surface area contributed by atoms with Crippen molar-refractivity contribution in [1.82, 2.24) is 5.32 Å². The van der Waals surface area contributed by atoms with E-state index < -0.39 is 10.9 Å².